The molecule has 1 saturated heterocycles. The molecule has 0 spiro atoms. The molecule has 0 aliphatic carbocycles. The van der Waals surface area contributed by atoms with Crippen molar-refractivity contribution in [1.29, 1.82) is 0 Å². The van der Waals surface area contributed by atoms with Crippen LogP contribution in [0.15, 0.2) is 12.1 Å². The van der Waals surface area contributed by atoms with Crippen LogP contribution in [0.2, 0.25) is 0 Å². The summed E-state index contributed by atoms with van der Waals surface area (Å²) in [5.74, 6) is 2.95. The lowest BCUT2D eigenvalue weighted by Crippen LogP contribution is -2.40. The van der Waals surface area contributed by atoms with Crippen LogP contribution in [0.4, 0.5) is 0 Å². The number of hydrogen-bond acceptors (Lipinski definition) is 5. The average Bonchev–Trinajstić information content (AvgIpc) is 2.55. The summed E-state index contributed by atoms with van der Waals surface area (Å²) in [6.45, 7) is 4.94. The van der Waals surface area contributed by atoms with E-state index >= 15 is 0 Å². The van der Waals surface area contributed by atoms with Gasteiger partial charge in [-0.1, -0.05) is 6.92 Å². The van der Waals surface area contributed by atoms with E-state index in [1.165, 1.54) is 12.8 Å². The molecular formula is C17H28N2O3. The van der Waals surface area contributed by atoms with E-state index in [-0.39, 0.29) is 6.04 Å². The Labute approximate surface area is 133 Å². The van der Waals surface area contributed by atoms with Gasteiger partial charge >= 0.3 is 0 Å². The second-order valence-corrected chi connectivity index (χ2v) is 5.94. The van der Waals surface area contributed by atoms with Gasteiger partial charge in [0.05, 0.1) is 32.9 Å². The Balaban J connectivity index is 2.42. The molecule has 2 rings (SSSR count). The molecule has 2 unspecified atom stereocenters. The summed E-state index contributed by atoms with van der Waals surface area (Å²) < 4.78 is 16.5. The molecule has 0 amide bonds. The highest BCUT2D eigenvalue weighted by molar-refractivity contribution is 5.52. The second-order valence-electron chi connectivity index (χ2n) is 5.94. The van der Waals surface area contributed by atoms with Crippen molar-refractivity contribution in [2.75, 3.05) is 41.0 Å². The van der Waals surface area contributed by atoms with E-state index in [4.69, 9.17) is 19.9 Å². The minimum Gasteiger partial charge on any atom is -0.496 e. The van der Waals surface area contributed by atoms with E-state index < -0.39 is 0 Å². The van der Waals surface area contributed by atoms with Crippen LogP contribution in [0.3, 0.4) is 0 Å². The first kappa shape index (κ1) is 16.9. The quantitative estimate of drug-likeness (QED) is 0.875. The zero-order chi connectivity index (χ0) is 16.1. The van der Waals surface area contributed by atoms with Crippen molar-refractivity contribution < 1.29 is 14.2 Å². The molecule has 0 aromatic heterocycles. The Bertz CT molecular complexity index is 468. The van der Waals surface area contributed by atoms with Crippen LogP contribution in [-0.2, 0) is 0 Å². The maximum absolute atomic E-state index is 6.11. The van der Waals surface area contributed by atoms with Gasteiger partial charge in [-0.25, -0.2) is 0 Å². The van der Waals surface area contributed by atoms with Crippen molar-refractivity contribution in [1.82, 2.24) is 4.90 Å². The largest absolute Gasteiger partial charge is 0.496 e. The molecule has 1 heterocycles. The zero-order valence-electron chi connectivity index (χ0n) is 14.1. The van der Waals surface area contributed by atoms with Gasteiger partial charge in [-0.3, -0.25) is 4.90 Å². The van der Waals surface area contributed by atoms with E-state index in [2.05, 4.69) is 11.8 Å². The molecule has 0 radical (unpaired) electrons. The third-order valence-corrected chi connectivity index (χ3v) is 4.44. The summed E-state index contributed by atoms with van der Waals surface area (Å²) in [4.78, 5) is 2.45. The molecule has 5 nitrogen and oxygen atoms in total. The Morgan fingerprint density at radius 2 is 1.82 bits per heavy atom. The number of piperidine rings is 1. The van der Waals surface area contributed by atoms with E-state index in [1.54, 1.807) is 21.3 Å². The van der Waals surface area contributed by atoms with Gasteiger partial charge in [-0.2, -0.15) is 0 Å². The summed E-state index contributed by atoms with van der Waals surface area (Å²) >= 11 is 0. The molecule has 22 heavy (non-hydrogen) atoms. The number of nitrogens with two attached hydrogens (primary N) is 1. The molecule has 1 aromatic carbocycles. The van der Waals surface area contributed by atoms with Crippen LogP contribution >= 0.6 is 0 Å². The van der Waals surface area contributed by atoms with Gasteiger partial charge in [0.2, 0.25) is 0 Å². The fourth-order valence-electron chi connectivity index (χ4n) is 3.32. The van der Waals surface area contributed by atoms with Crippen LogP contribution in [0.5, 0.6) is 17.2 Å². The van der Waals surface area contributed by atoms with Crippen molar-refractivity contribution in [3.8, 4) is 17.2 Å². The Morgan fingerprint density at radius 1 is 1.18 bits per heavy atom. The highest BCUT2D eigenvalue weighted by Gasteiger charge is 2.29. The van der Waals surface area contributed by atoms with Gasteiger partial charge in [-0.05, 0) is 25.3 Å². The number of ether oxygens (including phenoxy) is 3. The number of likely N-dealkylation sites (tertiary alicyclic amines) is 1. The SMILES string of the molecule is COc1cc(OC)c(C(CN)N2CCCC(C)C2)c(OC)c1. The molecule has 2 N–H and O–H groups in total. The van der Waals surface area contributed by atoms with E-state index in [0.717, 1.165) is 35.9 Å². The topological polar surface area (TPSA) is 57.0 Å². The maximum Gasteiger partial charge on any atom is 0.131 e. The molecular weight excluding hydrogens is 280 g/mol. The maximum atomic E-state index is 6.11. The van der Waals surface area contributed by atoms with Crippen molar-refractivity contribution in [2.24, 2.45) is 11.7 Å². The van der Waals surface area contributed by atoms with E-state index in [1.807, 2.05) is 12.1 Å². The minimum atomic E-state index is 0.0959. The van der Waals surface area contributed by atoms with Gasteiger partial charge in [0.1, 0.15) is 17.2 Å². The smallest absolute Gasteiger partial charge is 0.131 e. The Hall–Kier alpha value is -1.46. The lowest BCUT2D eigenvalue weighted by Gasteiger charge is -2.38. The molecule has 1 aliphatic heterocycles. The van der Waals surface area contributed by atoms with Crippen molar-refractivity contribution in [2.45, 2.75) is 25.8 Å². The predicted octanol–water partition coefficient (Wildman–Crippen LogP) is 2.44. The first-order chi connectivity index (χ1) is 10.6. The summed E-state index contributed by atoms with van der Waals surface area (Å²) in [6.07, 6.45) is 2.49. The van der Waals surface area contributed by atoms with Gasteiger partial charge < -0.3 is 19.9 Å². The van der Waals surface area contributed by atoms with E-state index in [9.17, 15) is 0 Å². The fraction of sp³-hybridized carbons (Fsp3) is 0.647. The van der Waals surface area contributed by atoms with Gasteiger partial charge in [0.25, 0.3) is 0 Å². The van der Waals surface area contributed by atoms with Crippen LogP contribution in [0.25, 0.3) is 0 Å². The zero-order valence-corrected chi connectivity index (χ0v) is 14.1. The standard InChI is InChI=1S/C17H28N2O3/c1-12-6-5-7-19(11-12)14(10-18)17-15(21-3)8-13(20-2)9-16(17)22-4/h8-9,12,14H,5-7,10-11,18H2,1-4H3. The molecule has 1 aromatic rings. The lowest BCUT2D eigenvalue weighted by atomic mass is 9.95. The Morgan fingerprint density at radius 3 is 2.27 bits per heavy atom. The van der Waals surface area contributed by atoms with Crippen molar-refractivity contribution in [3.63, 3.8) is 0 Å². The Kier molecular flexibility index (Phi) is 5.91. The van der Waals surface area contributed by atoms with E-state index in [0.29, 0.717) is 12.5 Å². The number of hydrogen-bond donors (Lipinski definition) is 1. The molecule has 0 saturated carbocycles. The fourth-order valence-corrected chi connectivity index (χ4v) is 3.32. The molecule has 5 heteroatoms. The molecule has 124 valence electrons. The predicted molar refractivity (Wildman–Crippen MR) is 87.9 cm³/mol. The minimum absolute atomic E-state index is 0.0959. The van der Waals surface area contributed by atoms with Crippen LogP contribution in [0.1, 0.15) is 31.4 Å². The highest BCUT2D eigenvalue weighted by atomic mass is 16.5. The summed E-state index contributed by atoms with van der Waals surface area (Å²) in [5.41, 5.74) is 7.13. The number of methoxy groups -OCH3 is 3. The first-order valence-electron chi connectivity index (χ1n) is 7.88. The molecule has 1 fully saturated rings. The van der Waals surface area contributed by atoms with Gasteiger partial charge in [0, 0.05) is 25.2 Å². The average molecular weight is 308 g/mol. The summed E-state index contributed by atoms with van der Waals surface area (Å²) in [7, 11) is 4.98. The van der Waals surface area contributed by atoms with Crippen molar-refractivity contribution >= 4 is 0 Å². The van der Waals surface area contributed by atoms with Crippen LogP contribution in [-0.4, -0.2) is 45.9 Å². The number of nitrogens with zero attached hydrogens (tertiary/aromatic N) is 1. The second kappa shape index (κ2) is 7.70. The third kappa shape index (κ3) is 3.47. The number of rotatable bonds is 6. The van der Waals surface area contributed by atoms with Gasteiger partial charge in [0.15, 0.2) is 0 Å². The normalized spacial score (nSPS) is 20.5. The summed E-state index contributed by atoms with van der Waals surface area (Å²) in [6, 6.07) is 3.89. The first-order valence-corrected chi connectivity index (χ1v) is 7.88. The summed E-state index contributed by atoms with van der Waals surface area (Å²) in [5, 5.41) is 0. The molecule has 1 aliphatic rings. The van der Waals surface area contributed by atoms with Crippen molar-refractivity contribution in [3.05, 3.63) is 17.7 Å². The lowest BCUT2D eigenvalue weighted by molar-refractivity contribution is 0.129. The highest BCUT2D eigenvalue weighted by Crippen LogP contribution is 2.41. The van der Waals surface area contributed by atoms with Crippen LogP contribution < -0.4 is 19.9 Å². The third-order valence-electron chi connectivity index (χ3n) is 4.44. The van der Waals surface area contributed by atoms with Crippen LogP contribution in [0, 0.1) is 5.92 Å². The molecule has 0 bridgehead atoms. The molecule has 2 atom stereocenters. The van der Waals surface area contributed by atoms with Gasteiger partial charge in [-0.15, -0.1) is 0 Å². The number of benzene rings is 1. The monoisotopic (exact) mass is 308 g/mol.